The molecule has 0 unspecified atom stereocenters. The molecule has 14 nitrogen and oxygen atoms in total. The molecule has 0 fully saturated rings. The molecule has 14 heteroatoms. The molecule has 0 aliphatic heterocycles. The Kier molecular flexibility index (Phi) is 11.3. The van der Waals surface area contributed by atoms with Crippen LogP contribution in [0.25, 0.3) is 0 Å². The van der Waals surface area contributed by atoms with Gasteiger partial charge in [-0.05, 0) is 141 Å². The first-order chi connectivity index (χ1) is 26.3. The number of fused-ring (bicyclic) bond motifs is 4. The zero-order chi connectivity index (χ0) is 37.6. The van der Waals surface area contributed by atoms with Gasteiger partial charge in [-0.25, -0.2) is 19.2 Å². The highest BCUT2D eigenvalue weighted by Crippen LogP contribution is 2.40. The summed E-state index contributed by atoms with van der Waals surface area (Å²) in [5.41, 5.74) is 11.8. The predicted molar refractivity (Wildman–Crippen MR) is 197 cm³/mol. The molecule has 2 heterocycles. The largest absolute Gasteiger partial charge is 0.478 e. The fraction of sp³-hybridized carbons (Fsp3) is 0.450. The Morgan fingerprint density at radius 2 is 1.07 bits per heavy atom. The fourth-order valence-corrected chi connectivity index (χ4v) is 8.17. The summed E-state index contributed by atoms with van der Waals surface area (Å²) in [6, 6.07) is 8.02. The topological polar surface area (TPSA) is 176 Å². The number of aliphatic carboxylic acids is 1. The number of aryl methyl sites for hydroxylation is 4. The molecular weight excluding hydrogens is 692 g/mol. The lowest BCUT2D eigenvalue weighted by atomic mass is 9.99. The molecule has 0 radical (unpaired) electrons. The van der Waals surface area contributed by atoms with Crippen molar-refractivity contribution in [2.75, 3.05) is 17.2 Å². The van der Waals surface area contributed by atoms with Crippen molar-refractivity contribution in [1.29, 1.82) is 0 Å². The number of anilines is 2. The van der Waals surface area contributed by atoms with Gasteiger partial charge in [-0.2, -0.15) is 10.2 Å². The Morgan fingerprint density at radius 3 is 1.44 bits per heavy atom. The molecule has 4 aliphatic rings. The normalized spacial score (nSPS) is 15.8. The summed E-state index contributed by atoms with van der Waals surface area (Å²) in [4.78, 5) is 48.8. The van der Waals surface area contributed by atoms with E-state index in [2.05, 4.69) is 33.0 Å². The Morgan fingerprint density at radius 1 is 0.667 bits per heavy atom. The summed E-state index contributed by atoms with van der Waals surface area (Å²) in [6.07, 6.45) is 15.2. The molecule has 0 bridgehead atoms. The van der Waals surface area contributed by atoms with Crippen LogP contribution in [0.3, 0.4) is 0 Å². The number of benzene rings is 2. The van der Waals surface area contributed by atoms with E-state index in [0.29, 0.717) is 0 Å². The summed E-state index contributed by atoms with van der Waals surface area (Å²) in [7, 11) is 0. The van der Waals surface area contributed by atoms with E-state index in [-0.39, 0.29) is 19.7 Å². The summed E-state index contributed by atoms with van der Waals surface area (Å²) < 4.78 is 18.7. The molecular formula is C40H46N6O8. The zero-order valence-electron chi connectivity index (χ0n) is 30.5. The molecule has 2 aromatic heterocycles. The number of carboxylic acid groups (broad SMARTS) is 1. The third kappa shape index (κ3) is 8.27. The highest BCUT2D eigenvalue weighted by molar-refractivity contribution is 5.91. The first-order valence-electron chi connectivity index (χ1n) is 18.9. The van der Waals surface area contributed by atoms with Gasteiger partial charge >= 0.3 is 24.1 Å². The molecule has 8 rings (SSSR count). The number of esters is 1. The highest BCUT2D eigenvalue weighted by Gasteiger charge is 2.30. The average molecular weight is 739 g/mol. The first kappa shape index (κ1) is 36.7. The maximum atomic E-state index is 12.7. The second-order valence-electron chi connectivity index (χ2n) is 14.1. The van der Waals surface area contributed by atoms with Gasteiger partial charge in [-0.15, -0.1) is 0 Å². The van der Waals surface area contributed by atoms with Crippen LogP contribution in [0.15, 0.2) is 49.1 Å². The monoisotopic (exact) mass is 738 g/mol. The second kappa shape index (κ2) is 16.6. The smallest absolute Gasteiger partial charge is 0.412 e. The number of rotatable bonds is 11. The van der Waals surface area contributed by atoms with E-state index in [1.54, 1.807) is 48.5 Å². The Balaban J connectivity index is 0.000000167. The highest BCUT2D eigenvalue weighted by atomic mass is 16.6. The zero-order valence-corrected chi connectivity index (χ0v) is 30.5. The van der Waals surface area contributed by atoms with E-state index in [1.165, 1.54) is 49.2 Å². The molecule has 0 saturated heterocycles. The molecule has 0 saturated carbocycles. The van der Waals surface area contributed by atoms with Gasteiger partial charge in [-0.1, -0.05) is 12.1 Å². The summed E-state index contributed by atoms with van der Waals surface area (Å²) in [5, 5.41) is 23.2. The molecule has 0 spiro atoms. The molecule has 3 N–H and O–H groups in total. The number of aromatic nitrogens is 4. The van der Waals surface area contributed by atoms with Crippen LogP contribution in [0.4, 0.5) is 21.0 Å². The van der Waals surface area contributed by atoms with Crippen molar-refractivity contribution in [3.63, 3.8) is 0 Å². The number of nitrogens with zero attached hydrogens (tertiary/aromatic N) is 4. The van der Waals surface area contributed by atoms with Gasteiger partial charge in [0.2, 0.25) is 12.2 Å². The van der Waals surface area contributed by atoms with Crippen LogP contribution < -0.4 is 10.6 Å². The molecule has 4 aromatic rings. The second-order valence-corrected chi connectivity index (χ2v) is 14.1. The van der Waals surface area contributed by atoms with Crippen molar-refractivity contribution in [3.05, 3.63) is 93.6 Å². The molecule has 4 aliphatic carbocycles. The summed E-state index contributed by atoms with van der Waals surface area (Å²) >= 11 is 0. The Labute approximate surface area is 313 Å². The quantitative estimate of drug-likeness (QED) is 0.130. The van der Waals surface area contributed by atoms with Crippen molar-refractivity contribution < 1.29 is 38.5 Å². The van der Waals surface area contributed by atoms with E-state index in [4.69, 9.17) is 14.2 Å². The van der Waals surface area contributed by atoms with Gasteiger partial charge in [0.25, 0.3) is 0 Å². The lowest BCUT2D eigenvalue weighted by Crippen LogP contribution is -2.35. The number of amides is 2. The number of carboxylic acids is 1. The molecule has 284 valence electrons. The van der Waals surface area contributed by atoms with Gasteiger partial charge in [0.1, 0.15) is 0 Å². The van der Waals surface area contributed by atoms with Crippen LogP contribution in [0.1, 0.15) is 77.1 Å². The first-order valence-corrected chi connectivity index (χ1v) is 18.9. The van der Waals surface area contributed by atoms with Crippen LogP contribution in [0, 0.1) is 0 Å². The number of ether oxygens (including phenoxy) is 3. The van der Waals surface area contributed by atoms with E-state index >= 15 is 0 Å². The minimum Gasteiger partial charge on any atom is -0.478 e. The van der Waals surface area contributed by atoms with Crippen LogP contribution >= 0.6 is 0 Å². The molecule has 54 heavy (non-hydrogen) atoms. The van der Waals surface area contributed by atoms with Crippen molar-refractivity contribution in [2.45, 2.75) is 109 Å². The molecule has 2 amide bonds. The third-order valence-corrected chi connectivity index (χ3v) is 10.5. The van der Waals surface area contributed by atoms with E-state index in [9.17, 15) is 24.3 Å². The SMILES string of the molecule is CCOC(=O)[C@@H](Cn1cccn1)OC(=O)Nc1c2c(cc3c1CCC3)CCC2.O=C(Nc1c2c(cc3c1CCC3)CCC2)O[C@H](Cn1cccn1)C(=O)O. The van der Waals surface area contributed by atoms with Gasteiger partial charge in [0.05, 0.1) is 31.1 Å². The maximum absolute atomic E-state index is 12.7. The van der Waals surface area contributed by atoms with E-state index in [1.807, 2.05) is 0 Å². The third-order valence-electron chi connectivity index (χ3n) is 10.5. The number of carbonyl (C=O) groups is 4. The summed E-state index contributed by atoms with van der Waals surface area (Å²) in [5.74, 6) is -1.77. The lowest BCUT2D eigenvalue weighted by molar-refractivity contribution is -0.153. The number of carbonyl (C=O) groups excluding carboxylic acids is 3. The number of hydrogen-bond acceptors (Lipinski definition) is 9. The average Bonchev–Trinajstić information content (AvgIpc) is 4.00. The van der Waals surface area contributed by atoms with E-state index < -0.39 is 36.3 Å². The minimum atomic E-state index is -1.29. The predicted octanol–water partition coefficient (Wildman–Crippen LogP) is 5.60. The van der Waals surface area contributed by atoms with Crippen LogP contribution in [-0.2, 0) is 88.3 Å². The van der Waals surface area contributed by atoms with Gasteiger partial charge < -0.3 is 19.3 Å². The van der Waals surface area contributed by atoms with Crippen molar-refractivity contribution in [3.8, 4) is 0 Å². The minimum absolute atomic E-state index is 0.0270. The van der Waals surface area contributed by atoms with Crippen molar-refractivity contribution in [1.82, 2.24) is 19.6 Å². The lowest BCUT2D eigenvalue weighted by Gasteiger charge is -2.19. The fourth-order valence-electron chi connectivity index (χ4n) is 8.17. The standard InChI is InChI=1S/C21H25N3O4.C19H21N3O4/c1-2-27-20(25)18(13-24-11-5-10-22-24)28-21(26)23-19-16-8-3-6-14(16)12-15-7-4-9-17(15)19;23-18(24)16(11-22-9-3-8-20-22)26-19(25)21-17-14-6-1-4-12(14)10-13-5-2-7-15(13)17/h5,10-12,18H,2-4,6-9,13H2,1H3,(H,23,26);3,8-10,16H,1-2,4-7,11H2,(H,21,25)(H,23,24)/t18-;16-/m11/s1. The van der Waals surface area contributed by atoms with Gasteiger partial charge in [0, 0.05) is 24.8 Å². The Bertz CT molecular complexity index is 1940. The summed E-state index contributed by atoms with van der Waals surface area (Å²) in [6.45, 7) is 2.03. The van der Waals surface area contributed by atoms with Crippen LogP contribution in [0.5, 0.6) is 0 Å². The van der Waals surface area contributed by atoms with Gasteiger partial charge in [0.15, 0.2) is 0 Å². The number of nitrogens with one attached hydrogen (secondary N) is 2. The van der Waals surface area contributed by atoms with Crippen molar-refractivity contribution in [2.24, 2.45) is 0 Å². The van der Waals surface area contributed by atoms with E-state index in [0.717, 1.165) is 88.4 Å². The number of hydrogen-bond donors (Lipinski definition) is 3. The molecule has 2 atom stereocenters. The van der Waals surface area contributed by atoms with Gasteiger partial charge in [-0.3, -0.25) is 20.0 Å². The maximum Gasteiger partial charge on any atom is 0.412 e. The van der Waals surface area contributed by atoms with Crippen molar-refractivity contribution >= 4 is 35.5 Å². The van der Waals surface area contributed by atoms with Crippen LogP contribution in [0.2, 0.25) is 0 Å². The van der Waals surface area contributed by atoms with Crippen LogP contribution in [-0.4, -0.2) is 67.6 Å². The molecule has 2 aromatic carbocycles. The Hall–Kier alpha value is -5.66.